The van der Waals surface area contributed by atoms with Crippen molar-refractivity contribution >= 4 is 27.9 Å². The molecule has 1 fully saturated rings. The second-order valence-corrected chi connectivity index (χ2v) is 8.30. The highest BCUT2D eigenvalue weighted by Gasteiger charge is 2.31. The summed E-state index contributed by atoms with van der Waals surface area (Å²) >= 11 is 3.42. The van der Waals surface area contributed by atoms with Gasteiger partial charge in [-0.05, 0) is 49.5 Å². The minimum absolute atomic E-state index is 0.0953. The van der Waals surface area contributed by atoms with Crippen LogP contribution in [0.3, 0.4) is 0 Å². The SMILES string of the molecule is CC(C)(C)OC(=O)N1CCn2c(Br)nc(C(=O)NC3CCOCC3)c2C1. The highest BCUT2D eigenvalue weighted by atomic mass is 79.9. The summed E-state index contributed by atoms with van der Waals surface area (Å²) in [4.78, 5) is 31.1. The number of rotatable bonds is 2. The molecule has 0 atom stereocenters. The lowest BCUT2D eigenvalue weighted by Crippen LogP contribution is -2.43. The molecule has 0 aromatic carbocycles. The van der Waals surface area contributed by atoms with Crippen molar-refractivity contribution in [3.63, 3.8) is 0 Å². The van der Waals surface area contributed by atoms with Crippen molar-refractivity contribution in [1.29, 1.82) is 0 Å². The largest absolute Gasteiger partial charge is 0.444 e. The van der Waals surface area contributed by atoms with Gasteiger partial charge in [-0.15, -0.1) is 0 Å². The van der Waals surface area contributed by atoms with Crippen LogP contribution in [0.5, 0.6) is 0 Å². The van der Waals surface area contributed by atoms with E-state index in [1.54, 1.807) is 4.90 Å². The Morgan fingerprint density at radius 2 is 1.96 bits per heavy atom. The van der Waals surface area contributed by atoms with Crippen LogP contribution in [0.25, 0.3) is 0 Å². The van der Waals surface area contributed by atoms with Crippen molar-refractivity contribution in [3.05, 3.63) is 16.1 Å². The van der Waals surface area contributed by atoms with Gasteiger partial charge in [0, 0.05) is 32.3 Å². The van der Waals surface area contributed by atoms with Crippen LogP contribution in [0.1, 0.15) is 49.8 Å². The lowest BCUT2D eigenvalue weighted by atomic mass is 10.1. The van der Waals surface area contributed by atoms with Gasteiger partial charge in [-0.2, -0.15) is 0 Å². The van der Waals surface area contributed by atoms with Crippen molar-refractivity contribution in [2.24, 2.45) is 0 Å². The number of aromatic nitrogens is 2. The average Bonchev–Trinajstić information content (AvgIpc) is 2.91. The predicted octanol–water partition coefficient (Wildman–Crippen LogP) is 2.31. The molecule has 1 aromatic heterocycles. The first-order valence-electron chi connectivity index (χ1n) is 8.86. The zero-order valence-electron chi connectivity index (χ0n) is 15.4. The summed E-state index contributed by atoms with van der Waals surface area (Å²) in [6.45, 7) is 8.19. The molecule has 1 aromatic rings. The van der Waals surface area contributed by atoms with Gasteiger partial charge in [-0.3, -0.25) is 4.79 Å². The molecule has 0 saturated carbocycles. The number of hydrogen-bond donors (Lipinski definition) is 1. The normalized spacial score (nSPS) is 18.4. The van der Waals surface area contributed by atoms with Gasteiger partial charge in [-0.1, -0.05) is 0 Å². The van der Waals surface area contributed by atoms with E-state index in [1.807, 2.05) is 25.3 Å². The molecule has 8 nitrogen and oxygen atoms in total. The quantitative estimate of drug-likeness (QED) is 0.780. The Labute approximate surface area is 161 Å². The number of carbonyl (C=O) groups is 2. The molecule has 2 amide bonds. The van der Waals surface area contributed by atoms with Crippen LogP contribution in [0.4, 0.5) is 4.79 Å². The number of fused-ring (bicyclic) bond motifs is 1. The van der Waals surface area contributed by atoms with Crippen molar-refractivity contribution < 1.29 is 19.1 Å². The highest BCUT2D eigenvalue weighted by molar-refractivity contribution is 9.10. The summed E-state index contributed by atoms with van der Waals surface area (Å²) in [5.74, 6) is -0.211. The molecule has 9 heteroatoms. The summed E-state index contributed by atoms with van der Waals surface area (Å²) in [7, 11) is 0. The first-order chi connectivity index (χ1) is 12.2. The highest BCUT2D eigenvalue weighted by Crippen LogP contribution is 2.24. The Balaban J connectivity index is 1.74. The molecule has 0 bridgehead atoms. The van der Waals surface area contributed by atoms with Gasteiger partial charge in [0.1, 0.15) is 5.60 Å². The number of ether oxygens (including phenoxy) is 2. The average molecular weight is 429 g/mol. The van der Waals surface area contributed by atoms with Gasteiger partial charge in [-0.25, -0.2) is 9.78 Å². The van der Waals surface area contributed by atoms with E-state index in [0.717, 1.165) is 18.5 Å². The molecule has 3 rings (SSSR count). The van der Waals surface area contributed by atoms with Crippen LogP contribution >= 0.6 is 15.9 Å². The third-order valence-electron chi connectivity index (χ3n) is 4.38. The van der Waals surface area contributed by atoms with E-state index < -0.39 is 5.60 Å². The Kier molecular flexibility index (Phi) is 5.57. The van der Waals surface area contributed by atoms with Gasteiger partial charge in [0.15, 0.2) is 10.4 Å². The van der Waals surface area contributed by atoms with Crippen molar-refractivity contribution in [2.75, 3.05) is 19.8 Å². The van der Waals surface area contributed by atoms with Crippen molar-refractivity contribution in [2.45, 2.75) is 58.3 Å². The van der Waals surface area contributed by atoms with Crippen LogP contribution < -0.4 is 5.32 Å². The Morgan fingerprint density at radius 1 is 1.27 bits per heavy atom. The van der Waals surface area contributed by atoms with E-state index >= 15 is 0 Å². The smallest absolute Gasteiger partial charge is 0.410 e. The molecule has 0 radical (unpaired) electrons. The van der Waals surface area contributed by atoms with Gasteiger partial charge in [0.2, 0.25) is 0 Å². The number of imidazole rings is 1. The zero-order chi connectivity index (χ0) is 18.9. The van der Waals surface area contributed by atoms with Crippen molar-refractivity contribution in [3.8, 4) is 0 Å². The van der Waals surface area contributed by atoms with E-state index in [9.17, 15) is 9.59 Å². The lowest BCUT2D eigenvalue weighted by molar-refractivity contribution is 0.0196. The maximum atomic E-state index is 12.7. The Bertz CT molecular complexity index is 692. The summed E-state index contributed by atoms with van der Waals surface area (Å²) in [5.41, 5.74) is 0.522. The first-order valence-corrected chi connectivity index (χ1v) is 9.65. The topological polar surface area (TPSA) is 85.7 Å². The van der Waals surface area contributed by atoms with E-state index in [2.05, 4.69) is 26.2 Å². The number of halogens is 1. The molecule has 0 unspecified atom stereocenters. The Hall–Kier alpha value is -1.61. The van der Waals surface area contributed by atoms with Gasteiger partial charge in [0.25, 0.3) is 5.91 Å². The maximum absolute atomic E-state index is 12.7. The molecule has 3 heterocycles. The number of carbonyl (C=O) groups excluding carboxylic acids is 2. The standard InChI is InChI=1S/C17H25BrN4O4/c1-17(2,3)26-16(24)21-6-7-22-12(10-21)13(20-15(22)18)14(23)19-11-4-8-25-9-5-11/h11H,4-10H2,1-3H3,(H,19,23). The number of amides is 2. The van der Waals surface area contributed by atoms with E-state index in [1.165, 1.54) is 0 Å². The molecular weight excluding hydrogens is 404 g/mol. The third kappa shape index (κ3) is 4.37. The minimum atomic E-state index is -0.557. The zero-order valence-corrected chi connectivity index (χ0v) is 17.0. The van der Waals surface area contributed by atoms with Crippen LogP contribution in [-0.2, 0) is 22.6 Å². The molecule has 26 heavy (non-hydrogen) atoms. The monoisotopic (exact) mass is 428 g/mol. The van der Waals surface area contributed by atoms with Crippen LogP contribution in [0, 0.1) is 0 Å². The molecule has 1 saturated heterocycles. The second-order valence-electron chi connectivity index (χ2n) is 7.59. The van der Waals surface area contributed by atoms with Crippen molar-refractivity contribution in [1.82, 2.24) is 19.8 Å². The fourth-order valence-corrected chi connectivity index (χ4v) is 3.65. The molecule has 144 valence electrons. The minimum Gasteiger partial charge on any atom is -0.444 e. The molecule has 0 aliphatic carbocycles. The van der Waals surface area contributed by atoms with E-state index in [4.69, 9.17) is 9.47 Å². The molecule has 1 N–H and O–H groups in total. The van der Waals surface area contributed by atoms with Gasteiger partial charge in [0.05, 0.1) is 12.2 Å². The van der Waals surface area contributed by atoms with Crippen LogP contribution in [0.15, 0.2) is 4.73 Å². The molecule has 2 aliphatic rings. The van der Waals surface area contributed by atoms with Crippen LogP contribution in [-0.4, -0.2) is 57.9 Å². The second kappa shape index (κ2) is 7.56. The lowest BCUT2D eigenvalue weighted by Gasteiger charge is -2.31. The van der Waals surface area contributed by atoms with Gasteiger partial charge >= 0.3 is 6.09 Å². The fraction of sp³-hybridized carbons (Fsp3) is 0.706. The summed E-state index contributed by atoms with van der Waals surface area (Å²) in [6.07, 6.45) is 1.22. The molecular formula is C17H25BrN4O4. The summed E-state index contributed by atoms with van der Waals surface area (Å²) in [5, 5.41) is 3.03. The van der Waals surface area contributed by atoms with E-state index in [0.29, 0.717) is 43.3 Å². The molecule has 0 spiro atoms. The first kappa shape index (κ1) is 19.2. The summed E-state index contributed by atoms with van der Waals surface area (Å²) in [6, 6.07) is 0.0953. The van der Waals surface area contributed by atoms with Crippen LogP contribution in [0.2, 0.25) is 0 Å². The number of nitrogens with one attached hydrogen (secondary N) is 1. The third-order valence-corrected chi connectivity index (χ3v) is 4.99. The Morgan fingerprint density at radius 3 is 2.62 bits per heavy atom. The predicted molar refractivity (Wildman–Crippen MR) is 97.9 cm³/mol. The molecule has 2 aliphatic heterocycles. The number of hydrogen-bond acceptors (Lipinski definition) is 5. The summed E-state index contributed by atoms with van der Waals surface area (Å²) < 4.78 is 13.3. The fourth-order valence-electron chi connectivity index (χ4n) is 3.08. The van der Waals surface area contributed by atoms with Gasteiger partial charge < -0.3 is 24.3 Å². The number of nitrogens with zero attached hydrogens (tertiary/aromatic N) is 3. The maximum Gasteiger partial charge on any atom is 0.410 e. The van der Waals surface area contributed by atoms with E-state index in [-0.39, 0.29) is 18.0 Å².